The molecule has 2 aliphatic rings. The van der Waals surface area contributed by atoms with Crippen LogP contribution in [0.1, 0.15) is 73.6 Å². The third-order valence-electron chi connectivity index (χ3n) is 5.28. The van der Waals surface area contributed by atoms with Crippen LogP contribution in [0.4, 0.5) is 5.82 Å². The molecule has 1 aromatic rings. The van der Waals surface area contributed by atoms with Gasteiger partial charge < -0.3 is 14.8 Å². The van der Waals surface area contributed by atoms with E-state index < -0.39 is 12.0 Å². The number of methoxy groups -OCH3 is 2. The first-order valence-corrected chi connectivity index (χ1v) is 9.91. The van der Waals surface area contributed by atoms with Crippen molar-refractivity contribution >= 4 is 29.4 Å². The Morgan fingerprint density at radius 2 is 1.81 bits per heavy atom. The summed E-state index contributed by atoms with van der Waals surface area (Å²) in [6.07, 6.45) is 8.43. The molecule has 1 aromatic heterocycles. The monoisotopic (exact) mass is 395 g/mol. The van der Waals surface area contributed by atoms with E-state index in [2.05, 4.69) is 15.3 Å². The second-order valence-electron chi connectivity index (χ2n) is 7.32. The molecule has 148 valence electrons. The van der Waals surface area contributed by atoms with Gasteiger partial charge in [0.25, 0.3) is 0 Å². The van der Waals surface area contributed by atoms with E-state index in [1.807, 2.05) is 0 Å². The lowest BCUT2D eigenvalue weighted by Gasteiger charge is -2.26. The van der Waals surface area contributed by atoms with Crippen molar-refractivity contribution < 1.29 is 19.1 Å². The second kappa shape index (κ2) is 8.87. The summed E-state index contributed by atoms with van der Waals surface area (Å²) in [7, 11) is 2.65. The van der Waals surface area contributed by atoms with Crippen molar-refractivity contribution in [1.29, 1.82) is 0 Å². The Labute approximate surface area is 164 Å². The average Bonchev–Trinajstić information content (AvgIpc) is 3.53. The fraction of sp³-hybridized carbons (Fsp3) is 0.684. The standard InChI is InChI=1S/C19H26ClN3O4/c1-26-18(24)13(10-11-6-4-3-5-7-11)21-17-14(20)15(19(25)27-2)22-16(23-17)12-8-9-12/h11-13H,3-10H2,1-2H3,(H,21,22,23)/t13-/m0/s1. The van der Waals surface area contributed by atoms with Crippen molar-refractivity contribution in [3.8, 4) is 0 Å². The first-order chi connectivity index (χ1) is 13.0. The van der Waals surface area contributed by atoms with Gasteiger partial charge in [0.05, 0.1) is 14.2 Å². The Balaban J connectivity index is 1.86. The molecule has 2 saturated carbocycles. The zero-order chi connectivity index (χ0) is 19.4. The lowest BCUT2D eigenvalue weighted by Crippen LogP contribution is -2.34. The average molecular weight is 396 g/mol. The number of hydrogen-bond acceptors (Lipinski definition) is 7. The van der Waals surface area contributed by atoms with Crippen LogP contribution in [-0.2, 0) is 14.3 Å². The van der Waals surface area contributed by atoms with E-state index in [0.29, 0.717) is 24.0 Å². The minimum atomic E-state index is -0.616. The summed E-state index contributed by atoms with van der Waals surface area (Å²) in [5, 5.41) is 3.20. The molecule has 2 aliphatic carbocycles. The number of aromatic nitrogens is 2. The predicted octanol–water partition coefficient (Wildman–Crippen LogP) is 3.72. The van der Waals surface area contributed by atoms with Crippen LogP contribution < -0.4 is 5.32 Å². The minimum Gasteiger partial charge on any atom is -0.467 e. The molecule has 27 heavy (non-hydrogen) atoms. The molecule has 3 rings (SSSR count). The first-order valence-electron chi connectivity index (χ1n) is 9.53. The van der Waals surface area contributed by atoms with E-state index in [0.717, 1.165) is 25.7 Å². The van der Waals surface area contributed by atoms with Gasteiger partial charge in [0.2, 0.25) is 0 Å². The number of halogens is 1. The second-order valence-corrected chi connectivity index (χ2v) is 7.70. The van der Waals surface area contributed by atoms with Crippen molar-refractivity contribution in [2.24, 2.45) is 5.92 Å². The van der Waals surface area contributed by atoms with Crippen molar-refractivity contribution in [3.05, 3.63) is 16.5 Å². The highest BCUT2D eigenvalue weighted by atomic mass is 35.5. The highest BCUT2D eigenvalue weighted by Gasteiger charge is 2.32. The highest BCUT2D eigenvalue weighted by molar-refractivity contribution is 6.35. The van der Waals surface area contributed by atoms with Crippen LogP contribution in [0.5, 0.6) is 0 Å². The number of rotatable bonds is 7. The molecule has 1 heterocycles. The van der Waals surface area contributed by atoms with E-state index in [4.69, 9.17) is 21.1 Å². The maximum absolute atomic E-state index is 12.3. The molecule has 0 saturated heterocycles. The molecule has 0 amide bonds. The number of nitrogens with zero attached hydrogens (tertiary/aromatic N) is 2. The van der Waals surface area contributed by atoms with Crippen LogP contribution >= 0.6 is 11.6 Å². The molecular weight excluding hydrogens is 370 g/mol. The molecular formula is C19H26ClN3O4. The first kappa shape index (κ1) is 19.9. The van der Waals surface area contributed by atoms with E-state index in [9.17, 15) is 9.59 Å². The molecule has 0 aromatic carbocycles. The summed E-state index contributed by atoms with van der Waals surface area (Å²) >= 11 is 6.37. The smallest absolute Gasteiger partial charge is 0.358 e. The van der Waals surface area contributed by atoms with Crippen LogP contribution in [0, 0.1) is 5.92 Å². The van der Waals surface area contributed by atoms with Gasteiger partial charge in [-0.25, -0.2) is 19.6 Å². The van der Waals surface area contributed by atoms with Crippen molar-refractivity contribution in [2.45, 2.75) is 63.3 Å². The van der Waals surface area contributed by atoms with Crippen LogP contribution in [0.25, 0.3) is 0 Å². The summed E-state index contributed by atoms with van der Waals surface area (Å²) in [5.74, 6) is 0.556. The Bertz CT molecular complexity index is 702. The maximum Gasteiger partial charge on any atom is 0.358 e. The van der Waals surface area contributed by atoms with Crippen LogP contribution in [0.2, 0.25) is 5.02 Å². The Hall–Kier alpha value is -1.89. The predicted molar refractivity (Wildman–Crippen MR) is 101 cm³/mol. The van der Waals surface area contributed by atoms with Crippen LogP contribution in [0.3, 0.4) is 0 Å². The Morgan fingerprint density at radius 3 is 2.41 bits per heavy atom. The number of nitrogens with one attached hydrogen (secondary N) is 1. The van der Waals surface area contributed by atoms with Gasteiger partial charge in [0.1, 0.15) is 22.7 Å². The van der Waals surface area contributed by atoms with Gasteiger partial charge in [0.15, 0.2) is 5.69 Å². The normalized spacial score (nSPS) is 18.6. The molecule has 8 heteroatoms. The zero-order valence-corrected chi connectivity index (χ0v) is 16.6. The number of ether oxygens (including phenoxy) is 2. The van der Waals surface area contributed by atoms with Gasteiger partial charge in [-0.2, -0.15) is 0 Å². The molecule has 0 spiro atoms. The Kier molecular flexibility index (Phi) is 6.52. The molecule has 1 atom stereocenters. The molecule has 0 bridgehead atoms. The van der Waals surface area contributed by atoms with Crippen molar-refractivity contribution in [2.75, 3.05) is 19.5 Å². The van der Waals surface area contributed by atoms with Gasteiger partial charge in [-0.15, -0.1) is 0 Å². The van der Waals surface area contributed by atoms with Crippen LogP contribution in [-0.4, -0.2) is 42.2 Å². The summed E-state index contributed by atoms with van der Waals surface area (Å²) in [4.78, 5) is 33.2. The van der Waals surface area contributed by atoms with E-state index in [-0.39, 0.29) is 22.6 Å². The largest absolute Gasteiger partial charge is 0.467 e. The number of hydrogen-bond donors (Lipinski definition) is 1. The molecule has 1 N–H and O–H groups in total. The number of esters is 2. The third-order valence-corrected chi connectivity index (χ3v) is 5.64. The number of anilines is 1. The van der Waals surface area contributed by atoms with Gasteiger partial charge in [0, 0.05) is 5.92 Å². The van der Waals surface area contributed by atoms with E-state index in [1.54, 1.807) is 0 Å². The molecule has 0 unspecified atom stereocenters. The van der Waals surface area contributed by atoms with E-state index >= 15 is 0 Å². The third kappa shape index (κ3) is 4.89. The topological polar surface area (TPSA) is 90.4 Å². The lowest BCUT2D eigenvalue weighted by molar-refractivity contribution is -0.142. The van der Waals surface area contributed by atoms with Gasteiger partial charge in [-0.05, 0) is 25.2 Å². The fourth-order valence-corrected chi connectivity index (χ4v) is 3.81. The number of carbonyl (C=O) groups is 2. The molecule has 2 fully saturated rings. The summed E-state index contributed by atoms with van der Waals surface area (Å²) in [6.45, 7) is 0. The van der Waals surface area contributed by atoms with E-state index in [1.165, 1.54) is 33.5 Å². The SMILES string of the molecule is COC(=O)c1nc(C2CC2)nc(N[C@@H](CC2CCCCC2)C(=O)OC)c1Cl. The molecule has 7 nitrogen and oxygen atoms in total. The maximum atomic E-state index is 12.3. The summed E-state index contributed by atoms with van der Waals surface area (Å²) < 4.78 is 9.76. The van der Waals surface area contributed by atoms with Gasteiger partial charge in [-0.1, -0.05) is 43.7 Å². The quantitative estimate of drug-likeness (QED) is 0.703. The molecule has 0 radical (unpaired) electrons. The van der Waals surface area contributed by atoms with Crippen molar-refractivity contribution in [3.63, 3.8) is 0 Å². The molecule has 0 aliphatic heterocycles. The van der Waals surface area contributed by atoms with Gasteiger partial charge >= 0.3 is 11.9 Å². The summed E-state index contributed by atoms with van der Waals surface area (Å²) in [5.41, 5.74) is 0.0276. The zero-order valence-electron chi connectivity index (χ0n) is 15.8. The minimum absolute atomic E-state index is 0.0276. The highest BCUT2D eigenvalue weighted by Crippen LogP contribution is 2.40. The Morgan fingerprint density at radius 1 is 1.11 bits per heavy atom. The van der Waals surface area contributed by atoms with Crippen LogP contribution in [0.15, 0.2) is 0 Å². The summed E-state index contributed by atoms with van der Waals surface area (Å²) in [6, 6.07) is -0.567. The lowest BCUT2D eigenvalue weighted by atomic mass is 9.85. The van der Waals surface area contributed by atoms with Gasteiger partial charge in [-0.3, -0.25) is 0 Å². The van der Waals surface area contributed by atoms with Crippen molar-refractivity contribution in [1.82, 2.24) is 9.97 Å². The fourth-order valence-electron chi connectivity index (χ4n) is 3.59. The number of carbonyl (C=O) groups excluding carboxylic acids is 2.